The molecule has 2 aromatic rings. The van der Waals surface area contributed by atoms with E-state index in [0.29, 0.717) is 6.29 Å². The average molecular weight is 287 g/mol. The summed E-state index contributed by atoms with van der Waals surface area (Å²) >= 11 is 1.49. The molecule has 5 heteroatoms. The number of aryl methyl sites for hydroxylation is 2. The third-order valence-corrected chi connectivity index (χ3v) is 4.05. The van der Waals surface area contributed by atoms with Crippen molar-refractivity contribution in [2.24, 2.45) is 0 Å². The quantitative estimate of drug-likeness (QED) is 0.481. The molecule has 0 radical (unpaired) electrons. The summed E-state index contributed by atoms with van der Waals surface area (Å²) in [7, 11) is 0. The second kappa shape index (κ2) is 5.88. The number of rotatable bonds is 4. The Morgan fingerprint density at radius 1 is 1.15 bits per heavy atom. The van der Waals surface area contributed by atoms with Crippen molar-refractivity contribution in [1.29, 1.82) is 0 Å². The summed E-state index contributed by atoms with van der Waals surface area (Å²) in [5.41, 5.74) is 2.26. The van der Waals surface area contributed by atoms with Crippen LogP contribution in [0, 0.1) is 24.0 Å². The smallest absolute Gasteiger partial charge is 0.279 e. The van der Waals surface area contributed by atoms with E-state index >= 15 is 0 Å². The molecule has 0 bridgehead atoms. The van der Waals surface area contributed by atoms with E-state index < -0.39 is 4.92 Å². The Morgan fingerprint density at radius 3 is 2.50 bits per heavy atom. The molecule has 0 amide bonds. The number of hydrogen-bond acceptors (Lipinski definition) is 4. The zero-order valence-corrected chi connectivity index (χ0v) is 11.9. The molecular weight excluding hydrogens is 274 g/mol. The highest BCUT2D eigenvalue weighted by atomic mass is 32.2. The normalized spacial score (nSPS) is 10.3. The monoisotopic (exact) mass is 287 g/mol. The largest absolute Gasteiger partial charge is 0.298 e. The van der Waals surface area contributed by atoms with E-state index in [1.165, 1.54) is 23.4 Å². The molecule has 0 saturated heterocycles. The van der Waals surface area contributed by atoms with Crippen LogP contribution in [0.25, 0.3) is 0 Å². The molecular formula is C15H13NO3S. The van der Waals surface area contributed by atoms with Crippen LogP contribution in [0.15, 0.2) is 46.2 Å². The Bertz CT molecular complexity index is 683. The number of nitro groups is 1. The number of hydrogen-bond donors (Lipinski definition) is 0. The molecule has 0 aliphatic rings. The summed E-state index contributed by atoms with van der Waals surface area (Å²) in [4.78, 5) is 23.1. The molecule has 0 unspecified atom stereocenters. The fourth-order valence-electron chi connectivity index (χ4n) is 1.90. The predicted molar refractivity (Wildman–Crippen MR) is 78.5 cm³/mol. The van der Waals surface area contributed by atoms with Gasteiger partial charge >= 0.3 is 0 Å². The van der Waals surface area contributed by atoms with Crippen molar-refractivity contribution in [2.45, 2.75) is 23.6 Å². The molecule has 0 aliphatic heterocycles. The second-order valence-corrected chi connectivity index (χ2v) is 5.58. The fraction of sp³-hybridized carbons (Fsp3) is 0.133. The van der Waals surface area contributed by atoms with Gasteiger partial charge in [-0.2, -0.15) is 0 Å². The first-order valence-corrected chi connectivity index (χ1v) is 6.81. The minimum absolute atomic E-state index is 0.102. The van der Waals surface area contributed by atoms with E-state index in [1.807, 2.05) is 26.0 Å². The van der Waals surface area contributed by atoms with Crippen molar-refractivity contribution in [3.8, 4) is 0 Å². The predicted octanol–water partition coefficient (Wildman–Crippen LogP) is 4.18. The van der Waals surface area contributed by atoms with E-state index in [-0.39, 0.29) is 11.3 Å². The number of nitro benzene ring substituents is 1. The van der Waals surface area contributed by atoms with Crippen molar-refractivity contribution in [3.05, 3.63) is 63.2 Å². The molecule has 0 saturated carbocycles. The first-order chi connectivity index (χ1) is 9.51. The molecule has 0 heterocycles. The zero-order valence-electron chi connectivity index (χ0n) is 11.1. The summed E-state index contributed by atoms with van der Waals surface area (Å²) in [6.45, 7) is 4.04. The summed E-state index contributed by atoms with van der Waals surface area (Å²) in [5.74, 6) is 0. The van der Waals surface area contributed by atoms with Gasteiger partial charge in [-0.05, 0) is 37.6 Å². The van der Waals surface area contributed by atoms with Crippen molar-refractivity contribution < 1.29 is 9.72 Å². The van der Waals surface area contributed by atoms with Gasteiger partial charge in [0.1, 0.15) is 0 Å². The summed E-state index contributed by atoms with van der Waals surface area (Å²) in [6.07, 6.45) is 0.518. The van der Waals surface area contributed by atoms with Crippen molar-refractivity contribution in [2.75, 3.05) is 0 Å². The molecule has 2 rings (SSSR count). The molecule has 0 spiro atoms. The molecule has 4 nitrogen and oxygen atoms in total. The van der Waals surface area contributed by atoms with Gasteiger partial charge in [0.2, 0.25) is 0 Å². The SMILES string of the molecule is Cc1ccc(Sc2ccc([N+](=O)[O-])c(C=O)c2)c(C)c1. The third-order valence-electron chi connectivity index (χ3n) is 2.88. The van der Waals surface area contributed by atoms with Gasteiger partial charge in [-0.15, -0.1) is 0 Å². The maximum atomic E-state index is 10.9. The number of carbonyl (C=O) groups is 1. The molecule has 0 aromatic heterocycles. The Hall–Kier alpha value is -2.14. The van der Waals surface area contributed by atoms with E-state index in [0.717, 1.165) is 15.4 Å². The van der Waals surface area contributed by atoms with Gasteiger partial charge in [0, 0.05) is 15.9 Å². The van der Waals surface area contributed by atoms with Crippen LogP contribution >= 0.6 is 11.8 Å². The van der Waals surface area contributed by atoms with E-state index in [4.69, 9.17) is 0 Å². The van der Waals surface area contributed by atoms with Gasteiger partial charge in [-0.1, -0.05) is 29.5 Å². The van der Waals surface area contributed by atoms with Gasteiger partial charge in [0.15, 0.2) is 6.29 Å². The maximum absolute atomic E-state index is 10.9. The minimum atomic E-state index is -0.546. The zero-order chi connectivity index (χ0) is 14.7. The van der Waals surface area contributed by atoms with Crippen LogP contribution in [0.3, 0.4) is 0 Å². The molecule has 0 aliphatic carbocycles. The molecule has 0 fully saturated rings. The van der Waals surface area contributed by atoms with E-state index in [9.17, 15) is 14.9 Å². The number of aldehydes is 1. The number of carbonyl (C=O) groups excluding carboxylic acids is 1. The third kappa shape index (κ3) is 3.05. The van der Waals surface area contributed by atoms with Crippen LogP contribution in [0.1, 0.15) is 21.5 Å². The second-order valence-electron chi connectivity index (χ2n) is 4.47. The lowest BCUT2D eigenvalue weighted by molar-refractivity contribution is -0.385. The summed E-state index contributed by atoms with van der Waals surface area (Å²) < 4.78 is 0. The minimum Gasteiger partial charge on any atom is -0.298 e. The van der Waals surface area contributed by atoms with Gasteiger partial charge in [0.05, 0.1) is 10.5 Å². The summed E-state index contributed by atoms with van der Waals surface area (Å²) in [6, 6.07) is 10.7. The van der Waals surface area contributed by atoms with Crippen LogP contribution < -0.4 is 0 Å². The van der Waals surface area contributed by atoms with Gasteiger partial charge in [0.25, 0.3) is 5.69 Å². The van der Waals surface area contributed by atoms with Crippen LogP contribution in [0.2, 0.25) is 0 Å². The highest BCUT2D eigenvalue weighted by Crippen LogP contribution is 2.33. The number of benzene rings is 2. The lowest BCUT2D eigenvalue weighted by Crippen LogP contribution is -1.94. The highest BCUT2D eigenvalue weighted by Gasteiger charge is 2.14. The Kier molecular flexibility index (Phi) is 4.20. The Morgan fingerprint density at radius 2 is 1.90 bits per heavy atom. The standard InChI is InChI=1S/C15H13NO3S/c1-10-3-6-15(11(2)7-10)20-13-4-5-14(16(18)19)12(8-13)9-17/h3-9H,1-2H3. The number of nitrogens with zero attached hydrogens (tertiary/aromatic N) is 1. The van der Waals surface area contributed by atoms with Crippen LogP contribution in [0.5, 0.6) is 0 Å². The van der Waals surface area contributed by atoms with E-state index in [2.05, 4.69) is 6.07 Å². The first kappa shape index (κ1) is 14.3. The molecule has 102 valence electrons. The van der Waals surface area contributed by atoms with Crippen molar-refractivity contribution in [3.63, 3.8) is 0 Å². The van der Waals surface area contributed by atoms with E-state index in [1.54, 1.807) is 12.1 Å². The fourth-order valence-corrected chi connectivity index (χ4v) is 2.83. The maximum Gasteiger partial charge on any atom is 0.279 e. The lowest BCUT2D eigenvalue weighted by atomic mass is 10.2. The molecule has 20 heavy (non-hydrogen) atoms. The van der Waals surface area contributed by atoms with Crippen molar-refractivity contribution >= 4 is 23.7 Å². The topological polar surface area (TPSA) is 60.2 Å². The van der Waals surface area contributed by atoms with Gasteiger partial charge in [-0.25, -0.2) is 0 Å². The van der Waals surface area contributed by atoms with Crippen LogP contribution in [-0.4, -0.2) is 11.2 Å². The van der Waals surface area contributed by atoms with Crippen LogP contribution in [0.4, 0.5) is 5.69 Å². The lowest BCUT2D eigenvalue weighted by Gasteiger charge is -2.07. The van der Waals surface area contributed by atoms with Gasteiger partial charge in [-0.3, -0.25) is 14.9 Å². The molecule has 0 atom stereocenters. The van der Waals surface area contributed by atoms with Crippen molar-refractivity contribution in [1.82, 2.24) is 0 Å². The molecule has 2 aromatic carbocycles. The van der Waals surface area contributed by atoms with Gasteiger partial charge < -0.3 is 0 Å². The Labute approximate surface area is 121 Å². The first-order valence-electron chi connectivity index (χ1n) is 6.00. The Balaban J connectivity index is 2.34. The molecule has 0 N–H and O–H groups in total. The highest BCUT2D eigenvalue weighted by molar-refractivity contribution is 7.99. The van der Waals surface area contributed by atoms with Crippen LogP contribution in [-0.2, 0) is 0 Å². The summed E-state index contributed by atoms with van der Waals surface area (Å²) in [5, 5.41) is 10.8. The average Bonchev–Trinajstić information content (AvgIpc) is 2.41.